The highest BCUT2D eigenvalue weighted by Gasteiger charge is 2.56. The number of hydrogen-bond acceptors (Lipinski definition) is 5. The molecule has 5 rings (SSSR count). The van der Waals surface area contributed by atoms with Gasteiger partial charge in [0, 0.05) is 37.0 Å². The lowest BCUT2D eigenvalue weighted by atomic mass is 9.59. The minimum Gasteiger partial charge on any atom is -0.347 e. The van der Waals surface area contributed by atoms with E-state index in [2.05, 4.69) is 77.7 Å². The van der Waals surface area contributed by atoms with Crippen molar-refractivity contribution >= 4 is 5.95 Å². The van der Waals surface area contributed by atoms with E-state index in [-0.39, 0.29) is 16.2 Å². The van der Waals surface area contributed by atoms with Gasteiger partial charge in [-0.05, 0) is 57.6 Å². The van der Waals surface area contributed by atoms with Gasteiger partial charge in [-0.3, -0.25) is 4.98 Å². The van der Waals surface area contributed by atoms with Gasteiger partial charge in [-0.15, -0.1) is 0 Å². The Labute approximate surface area is 227 Å². The third kappa shape index (κ3) is 3.91. The summed E-state index contributed by atoms with van der Waals surface area (Å²) >= 11 is 0. The maximum Gasteiger partial charge on any atom is 0.228 e. The summed E-state index contributed by atoms with van der Waals surface area (Å²) in [5.41, 5.74) is 8.55. The van der Waals surface area contributed by atoms with E-state index in [1.54, 1.807) is 0 Å². The highest BCUT2D eigenvalue weighted by molar-refractivity contribution is 5.71. The van der Waals surface area contributed by atoms with Gasteiger partial charge >= 0.3 is 0 Å². The topological polar surface area (TPSA) is 54.8 Å². The number of hydrogen-bond donors (Lipinski definition) is 0. The Balaban J connectivity index is 1.59. The minimum absolute atomic E-state index is 0.0497. The van der Waals surface area contributed by atoms with Crippen LogP contribution in [0.15, 0.2) is 60.8 Å². The Morgan fingerprint density at radius 1 is 0.711 bits per heavy atom. The predicted octanol–water partition coefficient (Wildman–Crippen LogP) is 7.49. The zero-order valence-corrected chi connectivity index (χ0v) is 24.2. The maximum absolute atomic E-state index is 4.94. The molecule has 2 aromatic carbocycles. The van der Waals surface area contributed by atoms with Crippen LogP contribution in [0.2, 0.25) is 0 Å². The molecule has 4 aromatic rings. The Kier molecular flexibility index (Phi) is 6.17. The molecule has 0 saturated heterocycles. The van der Waals surface area contributed by atoms with Crippen LogP contribution in [-0.4, -0.2) is 34.0 Å². The summed E-state index contributed by atoms with van der Waals surface area (Å²) in [5, 5.41) is 0. The third-order valence-corrected chi connectivity index (χ3v) is 9.45. The molecular weight excluding hydrogens is 466 g/mol. The number of pyridine rings is 1. The van der Waals surface area contributed by atoms with Gasteiger partial charge in [0.25, 0.3) is 0 Å². The van der Waals surface area contributed by atoms with E-state index in [0.717, 1.165) is 23.2 Å². The van der Waals surface area contributed by atoms with Gasteiger partial charge in [0.15, 0.2) is 11.6 Å². The van der Waals surface area contributed by atoms with Gasteiger partial charge in [0.2, 0.25) is 5.95 Å². The summed E-state index contributed by atoms with van der Waals surface area (Å²) in [5.74, 6) is 1.90. The van der Waals surface area contributed by atoms with Gasteiger partial charge in [-0.1, -0.05) is 84.9 Å². The van der Waals surface area contributed by atoms with Gasteiger partial charge in [-0.25, -0.2) is 4.98 Å². The average Bonchev–Trinajstić information content (AvgIpc) is 3.01. The molecule has 5 heteroatoms. The summed E-state index contributed by atoms with van der Waals surface area (Å²) in [6.07, 6.45) is 2.85. The van der Waals surface area contributed by atoms with Crippen LogP contribution in [0.1, 0.15) is 65.2 Å². The predicted molar refractivity (Wildman–Crippen MR) is 157 cm³/mol. The number of rotatable bonds is 5. The fraction of sp³-hybridized carbons (Fsp3) is 0.394. The van der Waals surface area contributed by atoms with Crippen LogP contribution in [0.5, 0.6) is 0 Å². The average molecular weight is 506 g/mol. The fourth-order valence-electron chi connectivity index (χ4n) is 5.76. The van der Waals surface area contributed by atoms with Gasteiger partial charge in [0.05, 0.1) is 5.69 Å². The van der Waals surface area contributed by atoms with Crippen molar-refractivity contribution in [3.05, 3.63) is 77.5 Å². The third-order valence-electron chi connectivity index (χ3n) is 9.45. The van der Waals surface area contributed by atoms with E-state index >= 15 is 0 Å². The first-order chi connectivity index (χ1) is 17.9. The summed E-state index contributed by atoms with van der Waals surface area (Å²) in [6, 6.07) is 19.1. The number of fused-ring (bicyclic) bond motifs is 1. The molecular formula is C33H39N5. The first-order valence-electron chi connectivity index (χ1n) is 13.5. The van der Waals surface area contributed by atoms with Crippen molar-refractivity contribution in [2.45, 2.75) is 65.7 Å². The van der Waals surface area contributed by atoms with E-state index in [0.29, 0.717) is 17.6 Å². The largest absolute Gasteiger partial charge is 0.347 e. The minimum atomic E-state index is 0.0497. The molecule has 0 spiro atoms. The van der Waals surface area contributed by atoms with Crippen LogP contribution in [0.4, 0.5) is 5.95 Å². The van der Waals surface area contributed by atoms with Crippen molar-refractivity contribution in [2.75, 3.05) is 19.0 Å². The van der Waals surface area contributed by atoms with Crippen LogP contribution in [0, 0.1) is 5.41 Å². The molecule has 1 aliphatic carbocycles. The molecule has 0 fully saturated rings. The molecule has 38 heavy (non-hydrogen) atoms. The van der Waals surface area contributed by atoms with Crippen LogP contribution in [0.3, 0.4) is 0 Å². The monoisotopic (exact) mass is 505 g/mol. The first-order valence-corrected chi connectivity index (χ1v) is 13.5. The zero-order valence-electron chi connectivity index (χ0n) is 24.2. The molecule has 1 aliphatic rings. The summed E-state index contributed by atoms with van der Waals surface area (Å²) in [7, 11) is 3.89. The van der Waals surface area contributed by atoms with Gasteiger partial charge < -0.3 is 4.90 Å². The van der Waals surface area contributed by atoms with E-state index in [4.69, 9.17) is 15.0 Å². The quantitative estimate of drug-likeness (QED) is 0.281. The molecule has 2 heterocycles. The Bertz CT molecular complexity index is 1480. The summed E-state index contributed by atoms with van der Waals surface area (Å²) < 4.78 is 0. The molecule has 2 aromatic heterocycles. The van der Waals surface area contributed by atoms with Crippen LogP contribution in [-0.2, 0) is 17.3 Å². The van der Waals surface area contributed by atoms with Crippen molar-refractivity contribution in [3.63, 3.8) is 0 Å². The van der Waals surface area contributed by atoms with Crippen LogP contribution in [0.25, 0.3) is 34.0 Å². The van der Waals surface area contributed by atoms with Crippen molar-refractivity contribution < 1.29 is 0 Å². The van der Waals surface area contributed by atoms with Crippen molar-refractivity contribution in [1.29, 1.82) is 0 Å². The highest BCUT2D eigenvalue weighted by atomic mass is 15.2. The number of nitrogens with zero attached hydrogens (tertiary/aromatic N) is 5. The van der Waals surface area contributed by atoms with E-state index < -0.39 is 0 Å². The number of aromatic nitrogens is 4. The Hall–Kier alpha value is -3.60. The number of anilines is 1. The molecule has 0 atom stereocenters. The summed E-state index contributed by atoms with van der Waals surface area (Å²) in [4.78, 5) is 21.0. The molecule has 5 nitrogen and oxygen atoms in total. The van der Waals surface area contributed by atoms with E-state index in [1.807, 2.05) is 55.5 Å². The Morgan fingerprint density at radius 2 is 1.32 bits per heavy atom. The molecule has 0 amide bonds. The van der Waals surface area contributed by atoms with Gasteiger partial charge in [-0.2, -0.15) is 9.97 Å². The first kappa shape index (κ1) is 26.0. The molecule has 196 valence electrons. The van der Waals surface area contributed by atoms with Crippen molar-refractivity contribution in [1.82, 2.24) is 19.9 Å². The maximum atomic E-state index is 4.94. The number of aryl methyl sites for hydroxylation is 1. The van der Waals surface area contributed by atoms with Crippen LogP contribution < -0.4 is 4.90 Å². The lowest BCUT2D eigenvalue weighted by Gasteiger charge is -2.44. The highest BCUT2D eigenvalue weighted by Crippen LogP contribution is 2.62. The van der Waals surface area contributed by atoms with E-state index in [9.17, 15) is 0 Å². The molecule has 0 unspecified atom stereocenters. The Morgan fingerprint density at radius 3 is 1.87 bits per heavy atom. The van der Waals surface area contributed by atoms with E-state index in [1.165, 1.54) is 22.3 Å². The normalized spacial score (nSPS) is 16.8. The second-order valence-electron chi connectivity index (χ2n) is 12.3. The molecule has 0 aliphatic heterocycles. The SMILES string of the molecule is CCc1cc2c(cc1-c1ccc(-c3nc(-c4ccccc4)nc(N(C)C)n3)cn1)C(C)(C)C(C)(C)C2(C)C. The molecule has 0 N–H and O–H groups in total. The lowest BCUT2D eigenvalue weighted by molar-refractivity contribution is 0.125. The fourth-order valence-corrected chi connectivity index (χ4v) is 5.76. The standard InChI is InChI=1S/C33H39N5/c1-10-21-18-25-26(32(4,5)33(6,7)31(25,2)3)19-24(21)27-17-16-23(20-34-27)29-35-28(22-14-12-11-13-15-22)36-30(37-29)38(8)9/h11-20H,10H2,1-9H3. The van der Waals surface area contributed by atoms with Crippen molar-refractivity contribution in [2.24, 2.45) is 5.41 Å². The lowest BCUT2D eigenvalue weighted by Crippen LogP contribution is -2.42. The smallest absolute Gasteiger partial charge is 0.228 e. The van der Waals surface area contributed by atoms with Crippen molar-refractivity contribution in [3.8, 4) is 34.0 Å². The molecule has 0 radical (unpaired) electrons. The van der Waals surface area contributed by atoms with Gasteiger partial charge in [0.1, 0.15) is 0 Å². The second kappa shape index (κ2) is 9.00. The molecule has 0 bridgehead atoms. The second-order valence-corrected chi connectivity index (χ2v) is 12.3. The molecule has 0 saturated carbocycles. The summed E-state index contributed by atoms with van der Waals surface area (Å²) in [6.45, 7) is 16.6. The zero-order chi connectivity index (χ0) is 27.5. The van der Waals surface area contributed by atoms with Crippen LogP contribution >= 0.6 is 0 Å². The number of benzene rings is 2.